The standard InChI is InChI=1S/C13H13N3OS/c1-8(2)10-7-13(17)14-12-6-9(15-16(10)12)11-4-3-5-18-11/h3-8H,1-2H3,(H,14,17). The van der Waals surface area contributed by atoms with E-state index in [1.54, 1.807) is 17.4 Å². The van der Waals surface area contributed by atoms with Gasteiger partial charge in [0.15, 0.2) is 0 Å². The van der Waals surface area contributed by atoms with Crippen LogP contribution in [0.2, 0.25) is 0 Å². The van der Waals surface area contributed by atoms with Gasteiger partial charge in [0.25, 0.3) is 5.56 Å². The van der Waals surface area contributed by atoms with Crippen molar-refractivity contribution in [2.45, 2.75) is 19.8 Å². The molecule has 0 aliphatic rings. The molecule has 3 aromatic rings. The number of nitrogens with one attached hydrogen (secondary N) is 1. The Hall–Kier alpha value is -1.88. The fourth-order valence-corrected chi connectivity index (χ4v) is 2.66. The van der Waals surface area contributed by atoms with E-state index in [1.165, 1.54) is 0 Å². The van der Waals surface area contributed by atoms with Crippen molar-refractivity contribution in [3.05, 3.63) is 45.7 Å². The van der Waals surface area contributed by atoms with Crippen LogP contribution in [0.5, 0.6) is 0 Å². The van der Waals surface area contributed by atoms with Gasteiger partial charge >= 0.3 is 0 Å². The summed E-state index contributed by atoms with van der Waals surface area (Å²) in [7, 11) is 0. The van der Waals surface area contributed by atoms with Gasteiger partial charge in [0, 0.05) is 12.1 Å². The molecule has 0 aliphatic heterocycles. The number of nitrogens with zero attached hydrogens (tertiary/aromatic N) is 2. The first-order valence-corrected chi connectivity index (χ1v) is 6.70. The molecule has 1 N–H and O–H groups in total. The van der Waals surface area contributed by atoms with E-state index in [-0.39, 0.29) is 11.5 Å². The van der Waals surface area contributed by atoms with Crippen molar-refractivity contribution in [1.29, 1.82) is 0 Å². The molecule has 4 nitrogen and oxygen atoms in total. The Balaban J connectivity index is 2.29. The molecule has 3 aromatic heterocycles. The lowest BCUT2D eigenvalue weighted by molar-refractivity contribution is 0.747. The van der Waals surface area contributed by atoms with E-state index in [0.717, 1.165) is 21.9 Å². The fraction of sp³-hybridized carbons (Fsp3) is 0.231. The highest BCUT2D eigenvalue weighted by Crippen LogP contribution is 2.25. The fourth-order valence-electron chi connectivity index (χ4n) is 1.98. The van der Waals surface area contributed by atoms with Gasteiger partial charge in [-0.3, -0.25) is 4.79 Å². The smallest absolute Gasteiger partial charge is 0.251 e. The molecule has 5 heteroatoms. The lowest BCUT2D eigenvalue weighted by Gasteiger charge is -2.06. The molecule has 0 aromatic carbocycles. The van der Waals surface area contributed by atoms with E-state index in [2.05, 4.69) is 23.9 Å². The zero-order valence-corrected chi connectivity index (χ0v) is 11.0. The van der Waals surface area contributed by atoms with Crippen molar-refractivity contribution in [1.82, 2.24) is 14.6 Å². The molecule has 0 unspecified atom stereocenters. The molecule has 92 valence electrons. The Bertz CT molecular complexity index is 737. The lowest BCUT2D eigenvalue weighted by atomic mass is 10.1. The van der Waals surface area contributed by atoms with E-state index in [1.807, 2.05) is 28.1 Å². The Labute approximate surface area is 108 Å². The number of hydrogen-bond acceptors (Lipinski definition) is 3. The van der Waals surface area contributed by atoms with Gasteiger partial charge in [-0.15, -0.1) is 11.3 Å². The normalized spacial score (nSPS) is 11.5. The van der Waals surface area contributed by atoms with Crippen molar-refractivity contribution in [2.24, 2.45) is 0 Å². The summed E-state index contributed by atoms with van der Waals surface area (Å²) < 4.78 is 1.82. The second kappa shape index (κ2) is 4.10. The highest BCUT2D eigenvalue weighted by molar-refractivity contribution is 7.13. The number of hydrogen-bond donors (Lipinski definition) is 1. The van der Waals surface area contributed by atoms with Crippen LogP contribution in [-0.2, 0) is 0 Å². The molecule has 0 saturated heterocycles. The summed E-state index contributed by atoms with van der Waals surface area (Å²) in [5.74, 6) is 0.255. The second-order valence-electron chi connectivity index (χ2n) is 4.52. The monoisotopic (exact) mass is 259 g/mol. The van der Waals surface area contributed by atoms with Gasteiger partial charge in [-0.25, -0.2) is 4.52 Å². The van der Waals surface area contributed by atoms with Crippen molar-refractivity contribution < 1.29 is 0 Å². The number of thiophene rings is 1. The van der Waals surface area contributed by atoms with E-state index >= 15 is 0 Å². The second-order valence-corrected chi connectivity index (χ2v) is 5.46. The first kappa shape index (κ1) is 11.2. The van der Waals surface area contributed by atoms with Crippen molar-refractivity contribution in [3.8, 4) is 10.6 Å². The highest BCUT2D eigenvalue weighted by Gasteiger charge is 2.11. The van der Waals surface area contributed by atoms with Crippen LogP contribution in [0.15, 0.2) is 34.4 Å². The summed E-state index contributed by atoms with van der Waals surface area (Å²) >= 11 is 1.64. The third-order valence-corrected chi connectivity index (χ3v) is 3.74. The number of aromatic amines is 1. The Morgan fingerprint density at radius 3 is 2.89 bits per heavy atom. The van der Waals surface area contributed by atoms with E-state index in [9.17, 15) is 4.79 Å². The van der Waals surface area contributed by atoms with E-state index in [4.69, 9.17) is 0 Å². The summed E-state index contributed by atoms with van der Waals surface area (Å²) in [6, 6.07) is 7.55. The maximum Gasteiger partial charge on any atom is 0.251 e. The van der Waals surface area contributed by atoms with Crippen LogP contribution >= 0.6 is 11.3 Å². The van der Waals surface area contributed by atoms with Gasteiger partial charge < -0.3 is 4.98 Å². The lowest BCUT2D eigenvalue weighted by Crippen LogP contribution is -2.12. The van der Waals surface area contributed by atoms with Crippen LogP contribution < -0.4 is 5.56 Å². The Morgan fingerprint density at radius 2 is 2.22 bits per heavy atom. The first-order chi connectivity index (χ1) is 8.65. The molecular formula is C13H13N3OS. The third kappa shape index (κ3) is 1.76. The van der Waals surface area contributed by atoms with Gasteiger partial charge in [-0.05, 0) is 17.4 Å². The maximum atomic E-state index is 11.6. The number of H-pyrrole nitrogens is 1. The predicted octanol–water partition coefficient (Wildman–Crippen LogP) is 2.87. The van der Waals surface area contributed by atoms with Crippen molar-refractivity contribution in [2.75, 3.05) is 0 Å². The summed E-state index contributed by atoms with van der Waals surface area (Å²) in [6.07, 6.45) is 0. The van der Waals surface area contributed by atoms with Crippen molar-refractivity contribution >= 4 is 17.0 Å². The number of rotatable bonds is 2. The summed E-state index contributed by atoms with van der Waals surface area (Å²) in [4.78, 5) is 15.5. The number of fused-ring (bicyclic) bond motifs is 1. The summed E-state index contributed by atoms with van der Waals surface area (Å²) in [5.41, 5.74) is 2.49. The predicted molar refractivity (Wildman–Crippen MR) is 73.2 cm³/mol. The van der Waals surface area contributed by atoms with Gasteiger partial charge in [-0.1, -0.05) is 19.9 Å². The average molecular weight is 259 g/mol. The van der Waals surface area contributed by atoms with Crippen LogP contribution in [0.1, 0.15) is 25.5 Å². The zero-order valence-electron chi connectivity index (χ0n) is 10.2. The first-order valence-electron chi connectivity index (χ1n) is 5.82. The van der Waals surface area contributed by atoms with E-state index < -0.39 is 0 Å². The van der Waals surface area contributed by atoms with Gasteiger partial charge in [0.05, 0.1) is 10.6 Å². The van der Waals surface area contributed by atoms with Gasteiger partial charge in [0.1, 0.15) is 11.3 Å². The topological polar surface area (TPSA) is 50.2 Å². The molecule has 3 rings (SSSR count). The van der Waals surface area contributed by atoms with Crippen LogP contribution in [0.3, 0.4) is 0 Å². The Morgan fingerprint density at radius 1 is 1.39 bits per heavy atom. The Kier molecular flexibility index (Phi) is 2.56. The molecule has 3 heterocycles. The molecule has 18 heavy (non-hydrogen) atoms. The minimum absolute atomic E-state index is 0.0798. The summed E-state index contributed by atoms with van der Waals surface area (Å²) in [5, 5.41) is 6.59. The molecule has 0 radical (unpaired) electrons. The SMILES string of the molecule is CC(C)c1cc(=O)[nH]c2cc(-c3cccs3)nn12. The average Bonchev–Trinajstić information content (AvgIpc) is 2.95. The third-order valence-electron chi connectivity index (χ3n) is 2.85. The highest BCUT2D eigenvalue weighted by atomic mass is 32.1. The minimum atomic E-state index is -0.0798. The molecule has 0 bridgehead atoms. The molecular weight excluding hydrogens is 246 g/mol. The molecule has 0 spiro atoms. The summed E-state index contributed by atoms with van der Waals surface area (Å²) in [6.45, 7) is 4.11. The quantitative estimate of drug-likeness (QED) is 0.769. The van der Waals surface area contributed by atoms with Crippen LogP contribution in [0.4, 0.5) is 0 Å². The van der Waals surface area contributed by atoms with Gasteiger partial charge in [0.2, 0.25) is 0 Å². The van der Waals surface area contributed by atoms with E-state index in [0.29, 0.717) is 0 Å². The van der Waals surface area contributed by atoms with Crippen LogP contribution in [0, 0.1) is 0 Å². The largest absolute Gasteiger partial charge is 0.307 e. The zero-order chi connectivity index (χ0) is 12.7. The molecule has 0 amide bonds. The van der Waals surface area contributed by atoms with Gasteiger partial charge in [-0.2, -0.15) is 5.10 Å². The van der Waals surface area contributed by atoms with Crippen molar-refractivity contribution in [3.63, 3.8) is 0 Å². The molecule has 0 fully saturated rings. The van der Waals surface area contributed by atoms with Crippen LogP contribution in [-0.4, -0.2) is 14.6 Å². The molecule has 0 aliphatic carbocycles. The minimum Gasteiger partial charge on any atom is -0.307 e. The maximum absolute atomic E-state index is 11.6. The molecule has 0 saturated carbocycles. The molecule has 0 atom stereocenters. The van der Waals surface area contributed by atoms with Crippen LogP contribution in [0.25, 0.3) is 16.2 Å². The number of aromatic nitrogens is 3.